The average Bonchev–Trinajstić information content (AvgIpc) is 2.88. The molecule has 0 aromatic heterocycles. The van der Waals surface area contributed by atoms with E-state index >= 15 is 0 Å². The van der Waals surface area contributed by atoms with Gasteiger partial charge in [-0.05, 0) is 12.1 Å². The molecule has 0 spiro atoms. The molecule has 0 heterocycles. The van der Waals surface area contributed by atoms with E-state index in [9.17, 15) is 0 Å². The van der Waals surface area contributed by atoms with E-state index in [0.717, 1.165) is 0 Å². The first kappa shape index (κ1) is 35.1. The van der Waals surface area contributed by atoms with E-state index in [0.29, 0.717) is 0 Å². The number of rotatable bonds is 30. The Morgan fingerprint density at radius 3 is 0.714 bits per heavy atom. The van der Waals surface area contributed by atoms with Gasteiger partial charge in [0.25, 0.3) is 0 Å². The topological polar surface area (TPSA) is 18.5 Å². The van der Waals surface area contributed by atoms with Gasteiger partial charge < -0.3 is 8.85 Å². The Labute approximate surface area is 224 Å². The second-order valence-electron chi connectivity index (χ2n) is 11.3. The molecule has 35 heavy (non-hydrogen) atoms. The highest BCUT2D eigenvalue weighted by Gasteiger charge is 2.33. The summed E-state index contributed by atoms with van der Waals surface area (Å²) in [4.78, 5) is 0. The first-order valence-corrected chi connectivity index (χ1v) is 18.6. The Morgan fingerprint density at radius 1 is 0.314 bits per heavy atom. The molecule has 0 saturated heterocycles. The second kappa shape index (κ2) is 28.7. The van der Waals surface area contributed by atoms with E-state index < -0.39 is 8.56 Å². The van der Waals surface area contributed by atoms with Crippen LogP contribution in [-0.2, 0) is 8.85 Å². The fourth-order valence-corrected chi connectivity index (χ4v) is 8.25. The van der Waals surface area contributed by atoms with Crippen molar-refractivity contribution in [2.75, 3.05) is 14.2 Å². The molecular formula is C32H68O2Si. The Morgan fingerprint density at radius 2 is 0.514 bits per heavy atom. The predicted octanol–water partition coefficient (Wildman–Crippen LogP) is 11.9. The Hall–Kier alpha value is 0.137. The molecule has 0 aliphatic rings. The predicted molar refractivity (Wildman–Crippen MR) is 161 cm³/mol. The smallest absolute Gasteiger partial charge is 0.337 e. The van der Waals surface area contributed by atoms with Crippen LogP contribution in [-0.4, -0.2) is 22.8 Å². The van der Waals surface area contributed by atoms with Gasteiger partial charge in [0.05, 0.1) is 0 Å². The van der Waals surface area contributed by atoms with Gasteiger partial charge in [-0.15, -0.1) is 0 Å². The number of hydrogen-bond acceptors (Lipinski definition) is 2. The molecule has 0 aromatic rings. The molecule has 2 nitrogen and oxygen atoms in total. The monoisotopic (exact) mass is 512 g/mol. The summed E-state index contributed by atoms with van der Waals surface area (Å²) in [6, 6.07) is 2.38. The fraction of sp³-hybridized carbons (Fsp3) is 1.00. The van der Waals surface area contributed by atoms with E-state index in [1.807, 2.05) is 14.2 Å². The molecule has 0 fully saturated rings. The molecule has 0 bridgehead atoms. The lowest BCUT2D eigenvalue weighted by atomic mass is 10.0. The molecule has 0 aliphatic heterocycles. The Balaban J connectivity index is 3.48. The molecule has 212 valence electrons. The summed E-state index contributed by atoms with van der Waals surface area (Å²) in [6.07, 6.45) is 36.9. The average molecular weight is 513 g/mol. The van der Waals surface area contributed by atoms with Crippen molar-refractivity contribution in [3.8, 4) is 0 Å². The zero-order chi connectivity index (χ0) is 25.7. The van der Waals surface area contributed by atoms with Crippen molar-refractivity contribution in [1.82, 2.24) is 0 Å². The lowest BCUT2D eigenvalue weighted by molar-refractivity contribution is 0.238. The van der Waals surface area contributed by atoms with E-state index in [1.54, 1.807) is 0 Å². The summed E-state index contributed by atoms with van der Waals surface area (Å²) in [7, 11) is 1.86. The first-order chi connectivity index (χ1) is 17.2. The summed E-state index contributed by atoms with van der Waals surface area (Å²) in [5.41, 5.74) is 0. The normalized spacial score (nSPS) is 12.0. The third kappa shape index (κ3) is 24.2. The highest BCUT2D eigenvalue weighted by Crippen LogP contribution is 2.25. The van der Waals surface area contributed by atoms with Crippen LogP contribution in [0.5, 0.6) is 0 Å². The molecule has 0 radical (unpaired) electrons. The maximum Gasteiger partial charge on any atom is 0.337 e. The highest BCUT2D eigenvalue weighted by atomic mass is 28.4. The molecule has 0 saturated carbocycles. The molecule has 3 heteroatoms. The number of hydrogen-bond donors (Lipinski definition) is 0. The summed E-state index contributed by atoms with van der Waals surface area (Å²) in [5, 5.41) is 0. The van der Waals surface area contributed by atoms with Crippen molar-refractivity contribution in [2.45, 2.75) is 193 Å². The molecule has 0 aliphatic carbocycles. The zero-order valence-electron chi connectivity index (χ0n) is 25.1. The van der Waals surface area contributed by atoms with Crippen molar-refractivity contribution in [2.24, 2.45) is 0 Å². The standard InChI is InChI=1S/C32H68O2Si/c1-5-7-9-11-13-15-16-17-18-19-20-21-22-23-24-26-28-30-32-35(33-3,34-4)31-29-27-25-14-12-10-8-6-2/h5-32H2,1-4H3. The Bertz CT molecular complexity index is 384. The summed E-state index contributed by atoms with van der Waals surface area (Å²) in [6.45, 7) is 4.59. The minimum atomic E-state index is -1.94. The van der Waals surface area contributed by atoms with Gasteiger partial charge in [-0.3, -0.25) is 0 Å². The molecular weight excluding hydrogens is 444 g/mol. The second-order valence-corrected chi connectivity index (χ2v) is 14.9. The van der Waals surface area contributed by atoms with Gasteiger partial charge >= 0.3 is 8.56 Å². The van der Waals surface area contributed by atoms with Crippen LogP contribution in [0.15, 0.2) is 0 Å². The quantitative estimate of drug-likeness (QED) is 0.0703. The SMILES string of the molecule is CCCCCCCCCCCCCCCCCCCC[Si](CCCCCCCCCC)(OC)OC. The fourth-order valence-electron chi connectivity index (χ4n) is 5.44. The lowest BCUT2D eigenvalue weighted by Crippen LogP contribution is -2.39. The van der Waals surface area contributed by atoms with Gasteiger partial charge in [-0.25, -0.2) is 0 Å². The summed E-state index contributed by atoms with van der Waals surface area (Å²) in [5.74, 6) is 0. The van der Waals surface area contributed by atoms with Crippen LogP contribution in [0.3, 0.4) is 0 Å². The minimum absolute atomic E-state index is 1.19. The van der Waals surface area contributed by atoms with Gasteiger partial charge in [0.1, 0.15) is 0 Å². The summed E-state index contributed by atoms with van der Waals surface area (Å²) < 4.78 is 12.0. The van der Waals surface area contributed by atoms with Crippen molar-refractivity contribution >= 4 is 8.56 Å². The van der Waals surface area contributed by atoms with E-state index in [1.165, 1.54) is 179 Å². The van der Waals surface area contributed by atoms with Crippen molar-refractivity contribution in [1.29, 1.82) is 0 Å². The third-order valence-electron chi connectivity index (χ3n) is 8.07. The van der Waals surface area contributed by atoms with Crippen LogP contribution in [0, 0.1) is 0 Å². The lowest BCUT2D eigenvalue weighted by Gasteiger charge is -2.27. The van der Waals surface area contributed by atoms with Gasteiger partial charge in [0, 0.05) is 14.2 Å². The highest BCUT2D eigenvalue weighted by molar-refractivity contribution is 6.67. The zero-order valence-corrected chi connectivity index (χ0v) is 26.1. The molecule has 0 N–H and O–H groups in total. The maximum atomic E-state index is 6.00. The van der Waals surface area contributed by atoms with Gasteiger partial charge in [0.15, 0.2) is 0 Å². The van der Waals surface area contributed by atoms with Crippen LogP contribution < -0.4 is 0 Å². The Kier molecular flexibility index (Phi) is 28.8. The van der Waals surface area contributed by atoms with Crippen LogP contribution in [0.4, 0.5) is 0 Å². The van der Waals surface area contributed by atoms with E-state index in [-0.39, 0.29) is 0 Å². The van der Waals surface area contributed by atoms with Crippen LogP contribution in [0.2, 0.25) is 12.1 Å². The minimum Gasteiger partial charge on any atom is -0.398 e. The van der Waals surface area contributed by atoms with Gasteiger partial charge in [-0.1, -0.05) is 181 Å². The summed E-state index contributed by atoms with van der Waals surface area (Å²) >= 11 is 0. The van der Waals surface area contributed by atoms with Crippen molar-refractivity contribution in [3.05, 3.63) is 0 Å². The van der Waals surface area contributed by atoms with Crippen molar-refractivity contribution < 1.29 is 8.85 Å². The third-order valence-corrected chi connectivity index (χ3v) is 11.8. The van der Waals surface area contributed by atoms with E-state index in [4.69, 9.17) is 8.85 Å². The molecule has 0 unspecified atom stereocenters. The number of unbranched alkanes of at least 4 members (excludes halogenated alkanes) is 24. The van der Waals surface area contributed by atoms with Crippen LogP contribution in [0.25, 0.3) is 0 Å². The van der Waals surface area contributed by atoms with E-state index in [2.05, 4.69) is 13.8 Å². The largest absolute Gasteiger partial charge is 0.398 e. The van der Waals surface area contributed by atoms with Crippen LogP contribution >= 0.6 is 0 Å². The van der Waals surface area contributed by atoms with Gasteiger partial charge in [0.2, 0.25) is 0 Å². The molecule has 0 rings (SSSR count). The van der Waals surface area contributed by atoms with Gasteiger partial charge in [-0.2, -0.15) is 0 Å². The maximum absolute atomic E-state index is 6.00. The molecule has 0 amide bonds. The van der Waals surface area contributed by atoms with Crippen LogP contribution in [0.1, 0.15) is 181 Å². The van der Waals surface area contributed by atoms with Crippen molar-refractivity contribution in [3.63, 3.8) is 0 Å². The first-order valence-electron chi connectivity index (χ1n) is 16.3. The molecule has 0 aromatic carbocycles. The molecule has 0 atom stereocenters.